The molecule has 0 aromatic carbocycles. The Bertz CT molecular complexity index is 968. The van der Waals surface area contributed by atoms with Gasteiger partial charge in [-0.05, 0) is 12.8 Å². The van der Waals surface area contributed by atoms with Crippen LogP contribution in [-0.4, -0.2) is 47.1 Å². The van der Waals surface area contributed by atoms with E-state index in [1.54, 1.807) is 21.8 Å². The number of carbonyl (C=O) groups is 1. The number of aryl methyl sites for hydroxylation is 1. The van der Waals surface area contributed by atoms with Crippen LogP contribution in [-0.2, 0) is 20.0 Å². The van der Waals surface area contributed by atoms with Crippen LogP contribution in [0.1, 0.15) is 48.9 Å². The summed E-state index contributed by atoms with van der Waals surface area (Å²) in [5.41, 5.74) is 1.26. The smallest absolute Gasteiger partial charge is 0.276 e. The van der Waals surface area contributed by atoms with Crippen molar-refractivity contribution in [2.75, 3.05) is 6.54 Å². The average Bonchev–Trinajstić information content (AvgIpc) is 3.33. The third-order valence-electron chi connectivity index (χ3n) is 4.66. The van der Waals surface area contributed by atoms with E-state index in [0.29, 0.717) is 24.7 Å². The van der Waals surface area contributed by atoms with Gasteiger partial charge in [-0.3, -0.25) is 9.48 Å². The van der Waals surface area contributed by atoms with Crippen LogP contribution >= 0.6 is 0 Å². The highest BCUT2D eigenvalue weighted by Crippen LogP contribution is 2.28. The quantitative estimate of drug-likeness (QED) is 0.699. The molecule has 1 aliphatic heterocycles. The van der Waals surface area contributed by atoms with Gasteiger partial charge in [-0.15, -0.1) is 10.2 Å². The summed E-state index contributed by atoms with van der Waals surface area (Å²) < 4.78 is 9.12. The molecule has 1 aliphatic rings. The second kappa shape index (κ2) is 6.64. The first-order valence-electron chi connectivity index (χ1n) is 9.10. The van der Waals surface area contributed by atoms with Gasteiger partial charge >= 0.3 is 0 Å². The van der Waals surface area contributed by atoms with Gasteiger partial charge in [-0.25, -0.2) is 0 Å². The second-order valence-corrected chi connectivity index (χ2v) is 7.52. The number of hydrogen-bond donors (Lipinski definition) is 0. The van der Waals surface area contributed by atoms with E-state index >= 15 is 0 Å². The number of amides is 1. The molecule has 0 unspecified atom stereocenters. The summed E-state index contributed by atoms with van der Waals surface area (Å²) in [6, 6.07) is 1.79. The van der Waals surface area contributed by atoms with Crippen molar-refractivity contribution in [3.8, 4) is 11.4 Å². The fourth-order valence-electron chi connectivity index (χ4n) is 3.49. The minimum atomic E-state index is -0.141. The first-order valence-corrected chi connectivity index (χ1v) is 9.10. The molecule has 0 saturated carbocycles. The Balaban J connectivity index is 1.56. The van der Waals surface area contributed by atoms with Crippen LogP contribution in [0.3, 0.4) is 0 Å². The van der Waals surface area contributed by atoms with Gasteiger partial charge in [0.05, 0.1) is 24.3 Å². The summed E-state index contributed by atoms with van der Waals surface area (Å²) in [5, 5.41) is 16.8. The van der Waals surface area contributed by atoms with E-state index in [-0.39, 0.29) is 11.9 Å². The van der Waals surface area contributed by atoms with Crippen molar-refractivity contribution in [2.45, 2.75) is 39.8 Å². The molecule has 0 spiro atoms. The van der Waals surface area contributed by atoms with E-state index in [0.717, 1.165) is 29.4 Å². The van der Waals surface area contributed by atoms with E-state index in [2.05, 4.69) is 45.8 Å². The molecule has 142 valence electrons. The molecule has 4 heterocycles. The van der Waals surface area contributed by atoms with Gasteiger partial charge in [0.2, 0.25) is 0 Å². The zero-order chi connectivity index (χ0) is 19.1. The Hall–Kier alpha value is -2.97. The average molecular weight is 369 g/mol. The number of carbonyl (C=O) groups excluding carboxylic acids is 1. The van der Waals surface area contributed by atoms with Crippen molar-refractivity contribution in [3.05, 3.63) is 35.7 Å². The van der Waals surface area contributed by atoms with Gasteiger partial charge in [0.25, 0.3) is 5.91 Å². The summed E-state index contributed by atoms with van der Waals surface area (Å²) in [5.74, 6) is 2.57. The Morgan fingerprint density at radius 2 is 2.19 bits per heavy atom. The van der Waals surface area contributed by atoms with Crippen LogP contribution < -0.4 is 0 Å². The van der Waals surface area contributed by atoms with Gasteiger partial charge in [-0.1, -0.05) is 19.0 Å². The summed E-state index contributed by atoms with van der Waals surface area (Å²) in [6.45, 7) is 7.21. The fraction of sp³-hybridized carbons (Fsp3) is 0.500. The van der Waals surface area contributed by atoms with E-state index in [1.165, 1.54) is 0 Å². The maximum absolute atomic E-state index is 12.9. The van der Waals surface area contributed by atoms with Crippen LogP contribution in [0.2, 0.25) is 0 Å². The van der Waals surface area contributed by atoms with Crippen molar-refractivity contribution in [1.82, 2.24) is 34.6 Å². The zero-order valence-electron chi connectivity index (χ0n) is 16.0. The monoisotopic (exact) mass is 369 g/mol. The van der Waals surface area contributed by atoms with Crippen molar-refractivity contribution >= 4 is 5.91 Å². The highest BCUT2D eigenvalue weighted by Gasteiger charge is 2.31. The van der Waals surface area contributed by atoms with Crippen LogP contribution in [0.5, 0.6) is 0 Å². The van der Waals surface area contributed by atoms with Crippen molar-refractivity contribution < 1.29 is 9.32 Å². The molecular formula is C18H23N7O2. The summed E-state index contributed by atoms with van der Waals surface area (Å²) in [4.78, 5) is 14.6. The van der Waals surface area contributed by atoms with Gasteiger partial charge in [-0.2, -0.15) is 5.10 Å². The lowest BCUT2D eigenvalue weighted by molar-refractivity contribution is 0.0671. The Labute approximate surface area is 157 Å². The maximum atomic E-state index is 12.9. The minimum Gasteiger partial charge on any atom is -0.361 e. The molecule has 0 saturated heterocycles. The number of aromatic nitrogens is 6. The molecule has 9 heteroatoms. The lowest BCUT2D eigenvalue weighted by Crippen LogP contribution is -2.40. The topological polar surface area (TPSA) is 94.9 Å². The van der Waals surface area contributed by atoms with Crippen molar-refractivity contribution in [1.29, 1.82) is 0 Å². The first-order chi connectivity index (χ1) is 12.9. The molecule has 0 fully saturated rings. The normalized spacial score (nSPS) is 16.8. The Kier molecular flexibility index (Phi) is 4.29. The van der Waals surface area contributed by atoms with Gasteiger partial charge in [0.15, 0.2) is 17.3 Å². The third-order valence-corrected chi connectivity index (χ3v) is 4.66. The number of nitrogens with zero attached hydrogens (tertiary/aromatic N) is 7. The highest BCUT2D eigenvalue weighted by atomic mass is 16.5. The number of fused-ring (bicyclic) bond motifs is 1. The van der Waals surface area contributed by atoms with Crippen molar-refractivity contribution in [3.63, 3.8) is 0 Å². The fourth-order valence-corrected chi connectivity index (χ4v) is 3.49. The largest absolute Gasteiger partial charge is 0.361 e. The standard InChI is InChI=1S/C18H23N7O2/c1-11(2)5-14-6-15(22-27-14)18(26)24-8-12(3)25-16(10-24)20-21-17(25)13-7-19-23(4)9-13/h6-7,9,11-12H,5,8,10H2,1-4H3/t12-/m0/s1. The molecule has 0 N–H and O–H groups in total. The maximum Gasteiger partial charge on any atom is 0.276 e. The Morgan fingerprint density at radius 1 is 1.37 bits per heavy atom. The van der Waals surface area contributed by atoms with Gasteiger partial charge < -0.3 is 14.0 Å². The Morgan fingerprint density at radius 3 is 2.89 bits per heavy atom. The lowest BCUT2D eigenvalue weighted by atomic mass is 10.1. The molecular weight excluding hydrogens is 346 g/mol. The lowest BCUT2D eigenvalue weighted by Gasteiger charge is -2.32. The third kappa shape index (κ3) is 3.24. The SMILES string of the molecule is CC(C)Cc1cc(C(=O)N2Cc3nnc(-c4cnn(C)c4)n3[C@@H](C)C2)no1. The van der Waals surface area contributed by atoms with Crippen molar-refractivity contribution in [2.24, 2.45) is 13.0 Å². The predicted molar refractivity (Wildman–Crippen MR) is 96.7 cm³/mol. The van der Waals surface area contributed by atoms with E-state index in [9.17, 15) is 4.79 Å². The first kappa shape index (κ1) is 17.4. The molecule has 3 aromatic heterocycles. The molecule has 4 rings (SSSR count). The molecule has 9 nitrogen and oxygen atoms in total. The molecule has 0 aliphatic carbocycles. The zero-order valence-corrected chi connectivity index (χ0v) is 16.0. The molecule has 27 heavy (non-hydrogen) atoms. The van der Waals surface area contributed by atoms with E-state index in [4.69, 9.17) is 4.52 Å². The number of hydrogen-bond acceptors (Lipinski definition) is 6. The van der Waals surface area contributed by atoms with Gasteiger partial charge in [0.1, 0.15) is 5.76 Å². The van der Waals surface area contributed by atoms with E-state index in [1.807, 2.05) is 13.2 Å². The second-order valence-electron chi connectivity index (χ2n) is 7.52. The van der Waals surface area contributed by atoms with Crippen LogP contribution in [0, 0.1) is 5.92 Å². The van der Waals surface area contributed by atoms with Crippen LogP contribution in [0.15, 0.2) is 23.0 Å². The van der Waals surface area contributed by atoms with Gasteiger partial charge in [0, 0.05) is 32.3 Å². The van der Waals surface area contributed by atoms with Crippen LogP contribution in [0.25, 0.3) is 11.4 Å². The summed E-state index contributed by atoms with van der Waals surface area (Å²) in [6.07, 6.45) is 4.44. The molecule has 3 aromatic rings. The summed E-state index contributed by atoms with van der Waals surface area (Å²) in [7, 11) is 1.87. The van der Waals surface area contributed by atoms with Crippen LogP contribution in [0.4, 0.5) is 0 Å². The minimum absolute atomic E-state index is 0.0462. The highest BCUT2D eigenvalue weighted by molar-refractivity contribution is 5.92. The number of rotatable bonds is 4. The molecule has 0 bridgehead atoms. The molecule has 1 atom stereocenters. The summed E-state index contributed by atoms with van der Waals surface area (Å²) >= 11 is 0. The molecule has 0 radical (unpaired) electrons. The predicted octanol–water partition coefficient (Wildman–Crippen LogP) is 2.08. The molecule has 1 amide bonds. The van der Waals surface area contributed by atoms with E-state index < -0.39 is 0 Å².